The normalized spacial score (nSPS) is 12.8. The molecule has 6 nitrogen and oxygen atoms in total. The lowest BCUT2D eigenvalue weighted by Crippen LogP contribution is -3.15. The van der Waals surface area contributed by atoms with Gasteiger partial charge in [0.25, 0.3) is 0 Å². The van der Waals surface area contributed by atoms with Crippen molar-refractivity contribution in [3.05, 3.63) is 0 Å². The van der Waals surface area contributed by atoms with Crippen molar-refractivity contribution in [3.8, 4) is 0 Å². The van der Waals surface area contributed by atoms with Crippen LogP contribution < -0.4 is 45.8 Å². The summed E-state index contributed by atoms with van der Waals surface area (Å²) in [5.74, 6) is 5.40. The van der Waals surface area contributed by atoms with Crippen molar-refractivity contribution in [2.75, 3.05) is 27.2 Å². The molecule has 0 rings (SSSR count). The Balaban J connectivity index is 0. The van der Waals surface area contributed by atoms with Gasteiger partial charge in [0.1, 0.15) is 6.54 Å². The van der Waals surface area contributed by atoms with Crippen LogP contribution in [0.15, 0.2) is 0 Å². The van der Waals surface area contributed by atoms with Crippen molar-refractivity contribution >= 4 is 0 Å². The Hall–Kier alpha value is 0.490. The molecule has 0 radical (unpaired) electrons. The van der Waals surface area contributed by atoms with Crippen LogP contribution >= 0.6 is 0 Å². The highest BCUT2D eigenvalue weighted by Gasteiger charge is 2.00. The highest BCUT2D eigenvalue weighted by molar-refractivity contribution is 4.33. The van der Waals surface area contributed by atoms with E-state index in [2.05, 4.69) is 5.43 Å². The average Bonchev–Trinajstić information content (AvgIpc) is 1.90. The molecule has 0 spiro atoms. The van der Waals surface area contributed by atoms with E-state index in [0.717, 1.165) is 11.6 Å². The van der Waals surface area contributed by atoms with Gasteiger partial charge in [0, 0.05) is 7.05 Å². The second-order valence-electron chi connectivity index (χ2n) is 2.07. The first-order valence-corrected chi connectivity index (χ1v) is 3.13. The summed E-state index contributed by atoms with van der Waals surface area (Å²) in [6.45, 7) is 1.38. The van der Waals surface area contributed by atoms with Crippen LogP contribution in [0.3, 0.4) is 0 Å². The molecule has 70 valence electrons. The van der Waals surface area contributed by atoms with Crippen molar-refractivity contribution in [1.29, 1.82) is 0 Å². The quantitative estimate of drug-likeness (QED) is 0.196. The predicted octanol–water partition coefficient (Wildman–Crippen LogP) is -6.29. The zero-order valence-electron chi connectivity index (χ0n) is 6.76. The number of rotatable bonds is 5. The van der Waals surface area contributed by atoms with E-state index in [1.807, 2.05) is 12.6 Å². The Labute approximate surface area is 83.6 Å². The number of halogens is 1. The fourth-order valence-electron chi connectivity index (χ4n) is 0.500. The number of hydrazine groups is 2. The zero-order valence-corrected chi connectivity index (χ0v) is 8.92. The van der Waals surface area contributed by atoms with E-state index < -0.39 is 0 Å². The summed E-state index contributed by atoms with van der Waals surface area (Å²) in [6.07, 6.45) is 0. The van der Waals surface area contributed by atoms with Gasteiger partial charge in [-0.2, -0.15) is 11.0 Å². The Kier molecular flexibility index (Phi) is 11.0. The first-order chi connectivity index (χ1) is 4.70. The number of nitrogens with two attached hydrogens (primary N) is 1. The van der Waals surface area contributed by atoms with E-state index in [-0.39, 0.29) is 24.0 Å². The summed E-state index contributed by atoms with van der Waals surface area (Å²) >= 11 is 0. The molecule has 0 aromatic rings. The summed E-state index contributed by atoms with van der Waals surface area (Å²) in [4.78, 5) is 0. The number of quaternary nitrogens is 1. The molecule has 0 saturated carbocycles. The lowest BCUT2D eigenvalue weighted by atomic mass is 10.6. The fraction of sp³-hybridized carbons (Fsp3) is 1.00. The molecule has 0 aliphatic rings. The molecule has 0 fully saturated rings. The zero-order chi connectivity index (χ0) is 7.98. The fourth-order valence-corrected chi connectivity index (χ4v) is 0.500. The summed E-state index contributed by atoms with van der Waals surface area (Å²) in [7, 11) is 3.54. The first-order valence-electron chi connectivity index (χ1n) is 3.13. The monoisotopic (exact) mass is 277 g/mol. The molecule has 0 aromatic heterocycles. The van der Waals surface area contributed by atoms with Crippen molar-refractivity contribution in [3.63, 3.8) is 0 Å². The summed E-state index contributed by atoms with van der Waals surface area (Å²) < 4.78 is 0. The first kappa shape index (κ1) is 14.0. The molecule has 1 atom stereocenters. The van der Waals surface area contributed by atoms with Crippen LogP contribution in [0.2, 0.25) is 0 Å². The third-order valence-corrected chi connectivity index (χ3v) is 1.12. The van der Waals surface area contributed by atoms with Crippen LogP contribution in [0.1, 0.15) is 0 Å². The maximum absolute atomic E-state index is 8.40. The molecule has 0 amide bonds. The molecular formula is C4H16IN5O. The lowest BCUT2D eigenvalue weighted by molar-refractivity contribution is -0.892. The van der Waals surface area contributed by atoms with Crippen LogP contribution in [0.25, 0.3) is 0 Å². The minimum absolute atomic E-state index is 0. The average molecular weight is 277 g/mol. The number of likely N-dealkylation sites (N-methyl/N-ethyl adjacent to an activating group) is 1. The van der Waals surface area contributed by atoms with E-state index in [4.69, 9.17) is 11.0 Å². The maximum Gasteiger partial charge on any atom is 0.110 e. The summed E-state index contributed by atoms with van der Waals surface area (Å²) in [5.41, 5.74) is 4.67. The van der Waals surface area contributed by atoms with Gasteiger partial charge in [-0.1, -0.05) is 0 Å². The Morgan fingerprint density at radius 3 is 2.45 bits per heavy atom. The van der Waals surface area contributed by atoms with Gasteiger partial charge in [0.15, 0.2) is 0 Å². The molecule has 11 heavy (non-hydrogen) atoms. The van der Waals surface area contributed by atoms with Crippen LogP contribution in [0, 0.1) is 0 Å². The van der Waals surface area contributed by atoms with Gasteiger partial charge in [0.05, 0.1) is 13.6 Å². The Bertz CT molecular complexity index is 78.9. The smallest absolute Gasteiger partial charge is 0.110 e. The van der Waals surface area contributed by atoms with Crippen molar-refractivity contribution in [1.82, 2.24) is 16.1 Å². The van der Waals surface area contributed by atoms with Gasteiger partial charge >= 0.3 is 0 Å². The van der Waals surface area contributed by atoms with E-state index in [1.54, 1.807) is 7.05 Å². The highest BCUT2D eigenvalue weighted by Crippen LogP contribution is 1.64. The summed E-state index contributed by atoms with van der Waals surface area (Å²) in [6, 6.07) is 0. The lowest BCUT2D eigenvalue weighted by Gasteiger charge is -2.17. The van der Waals surface area contributed by atoms with Crippen LogP contribution in [-0.4, -0.2) is 37.5 Å². The SMILES string of the molecule is CNN(CC[NH+](C)N)NO.[I-]. The number of nitrogens with zero attached hydrogens (tertiary/aromatic N) is 1. The molecule has 0 aliphatic heterocycles. The van der Waals surface area contributed by atoms with Crippen LogP contribution in [0.4, 0.5) is 0 Å². The van der Waals surface area contributed by atoms with Gasteiger partial charge in [-0.3, -0.25) is 5.01 Å². The molecule has 0 bridgehead atoms. The molecule has 0 saturated heterocycles. The standard InChI is InChI=1S/C4H15N5O.HI/c1-6-9(7-10)4-3-8(2)5;/h6-7,10H,3-5H2,1-2H3;1H. The summed E-state index contributed by atoms with van der Waals surface area (Å²) in [5, 5.41) is 10.7. The molecule has 1 unspecified atom stereocenters. The largest absolute Gasteiger partial charge is 1.00 e. The predicted molar refractivity (Wildman–Crippen MR) is 36.6 cm³/mol. The molecule has 0 heterocycles. The van der Waals surface area contributed by atoms with E-state index in [9.17, 15) is 0 Å². The van der Waals surface area contributed by atoms with E-state index >= 15 is 0 Å². The molecule has 6 N–H and O–H groups in total. The Morgan fingerprint density at radius 1 is 1.64 bits per heavy atom. The van der Waals surface area contributed by atoms with Gasteiger partial charge in [-0.15, -0.1) is 5.59 Å². The van der Waals surface area contributed by atoms with Crippen molar-refractivity contribution < 1.29 is 34.2 Å². The second kappa shape index (κ2) is 8.59. The second-order valence-corrected chi connectivity index (χ2v) is 2.07. The van der Waals surface area contributed by atoms with E-state index in [1.165, 1.54) is 5.12 Å². The van der Waals surface area contributed by atoms with Gasteiger partial charge in [-0.05, 0) is 0 Å². The number of nitrogens with one attached hydrogen (secondary N) is 3. The van der Waals surface area contributed by atoms with Gasteiger partial charge in [-0.25, -0.2) is 5.43 Å². The molecular weight excluding hydrogens is 261 g/mol. The van der Waals surface area contributed by atoms with Crippen molar-refractivity contribution in [2.24, 2.45) is 5.84 Å². The highest BCUT2D eigenvalue weighted by atomic mass is 127. The maximum atomic E-state index is 8.40. The number of hydrogen-bond donors (Lipinski definition) is 5. The van der Waals surface area contributed by atoms with E-state index in [0.29, 0.717) is 6.54 Å². The minimum Gasteiger partial charge on any atom is -1.00 e. The Morgan fingerprint density at radius 2 is 2.18 bits per heavy atom. The number of hydrogen-bond acceptors (Lipinski definition) is 5. The van der Waals surface area contributed by atoms with Crippen molar-refractivity contribution in [2.45, 2.75) is 0 Å². The van der Waals surface area contributed by atoms with Gasteiger partial charge in [0.2, 0.25) is 0 Å². The minimum atomic E-state index is 0. The third kappa shape index (κ3) is 8.40. The molecule has 0 aromatic carbocycles. The molecule has 7 heteroatoms. The van der Waals surface area contributed by atoms with Crippen LogP contribution in [0.5, 0.6) is 0 Å². The topological polar surface area (TPSA) is 78.0 Å². The van der Waals surface area contributed by atoms with Crippen LogP contribution in [-0.2, 0) is 0 Å². The van der Waals surface area contributed by atoms with Gasteiger partial charge < -0.3 is 29.2 Å². The third-order valence-electron chi connectivity index (χ3n) is 1.12. The molecule has 0 aliphatic carbocycles.